The van der Waals surface area contributed by atoms with Crippen LogP contribution in [0.5, 0.6) is 0 Å². The van der Waals surface area contributed by atoms with Gasteiger partial charge in [0.2, 0.25) is 0 Å². The molecular weight excluding hydrogens is 248 g/mol. The van der Waals surface area contributed by atoms with Crippen LogP contribution in [0.4, 0.5) is 0 Å². The van der Waals surface area contributed by atoms with Crippen LogP contribution in [-0.2, 0) is 0 Å². The minimum Gasteiger partial charge on any atom is -0.395 e. The van der Waals surface area contributed by atoms with E-state index >= 15 is 0 Å². The number of nitrogens with zero attached hydrogens (tertiary/aromatic N) is 1. The molecule has 3 heteroatoms. The third kappa shape index (κ3) is 4.71. The van der Waals surface area contributed by atoms with Gasteiger partial charge in [0, 0.05) is 24.7 Å². The van der Waals surface area contributed by atoms with E-state index in [1.54, 1.807) is 0 Å². The van der Waals surface area contributed by atoms with Gasteiger partial charge in [0.25, 0.3) is 0 Å². The van der Waals surface area contributed by atoms with Crippen molar-refractivity contribution in [1.29, 1.82) is 0 Å². The number of nitrogens with one attached hydrogen (secondary N) is 1. The summed E-state index contributed by atoms with van der Waals surface area (Å²) in [7, 11) is 0. The lowest BCUT2D eigenvalue weighted by atomic mass is 9.88. The Balaban J connectivity index is 1.97. The van der Waals surface area contributed by atoms with Gasteiger partial charge in [-0.3, -0.25) is 4.90 Å². The lowest BCUT2D eigenvalue weighted by Gasteiger charge is -2.43. The van der Waals surface area contributed by atoms with Gasteiger partial charge in [-0.05, 0) is 32.2 Å². The van der Waals surface area contributed by atoms with Gasteiger partial charge in [-0.25, -0.2) is 0 Å². The van der Waals surface area contributed by atoms with Crippen molar-refractivity contribution in [3.63, 3.8) is 0 Å². The van der Waals surface area contributed by atoms with Crippen LogP contribution in [0.2, 0.25) is 0 Å². The number of likely N-dealkylation sites (N-methyl/N-ethyl adjacent to an activating group) is 1. The van der Waals surface area contributed by atoms with E-state index in [-0.39, 0.29) is 12.6 Å². The summed E-state index contributed by atoms with van der Waals surface area (Å²) in [4.78, 5) is 2.78. The highest BCUT2D eigenvalue weighted by atomic mass is 16.3. The fraction of sp³-hybridized carbons (Fsp3) is 1.00. The highest BCUT2D eigenvalue weighted by Gasteiger charge is 2.30. The molecule has 2 aliphatic rings. The van der Waals surface area contributed by atoms with Crippen molar-refractivity contribution < 1.29 is 5.11 Å². The van der Waals surface area contributed by atoms with E-state index in [9.17, 15) is 5.11 Å². The predicted molar refractivity (Wildman–Crippen MR) is 85.0 cm³/mol. The molecule has 118 valence electrons. The van der Waals surface area contributed by atoms with Crippen molar-refractivity contribution in [2.24, 2.45) is 0 Å². The molecule has 3 nitrogen and oxygen atoms in total. The van der Waals surface area contributed by atoms with E-state index in [0.717, 1.165) is 25.2 Å². The highest BCUT2D eigenvalue weighted by Crippen LogP contribution is 2.30. The number of hydrogen-bond donors (Lipinski definition) is 2. The minimum atomic E-state index is 0.254. The van der Waals surface area contributed by atoms with Gasteiger partial charge in [0.05, 0.1) is 6.61 Å². The first-order chi connectivity index (χ1) is 9.85. The average Bonchev–Trinajstić information content (AvgIpc) is 2.53. The molecule has 0 heterocycles. The topological polar surface area (TPSA) is 35.5 Å². The molecule has 0 saturated heterocycles. The summed E-state index contributed by atoms with van der Waals surface area (Å²) in [5.74, 6) is 0. The highest BCUT2D eigenvalue weighted by molar-refractivity contribution is 4.86. The summed E-state index contributed by atoms with van der Waals surface area (Å²) in [5, 5.41) is 13.1. The van der Waals surface area contributed by atoms with Crippen molar-refractivity contribution in [3.05, 3.63) is 0 Å². The van der Waals surface area contributed by atoms with Gasteiger partial charge in [-0.15, -0.1) is 0 Å². The molecule has 0 aromatic carbocycles. The van der Waals surface area contributed by atoms with E-state index in [2.05, 4.69) is 17.1 Å². The Morgan fingerprint density at radius 1 is 0.950 bits per heavy atom. The molecule has 2 rings (SSSR count). The zero-order valence-corrected chi connectivity index (χ0v) is 13.3. The largest absolute Gasteiger partial charge is 0.395 e. The second kappa shape index (κ2) is 9.01. The van der Waals surface area contributed by atoms with Crippen LogP contribution < -0.4 is 5.32 Å². The maximum absolute atomic E-state index is 9.61. The lowest BCUT2D eigenvalue weighted by molar-refractivity contribution is 0.0608. The number of aliphatic hydroxyl groups excluding tert-OH is 1. The van der Waals surface area contributed by atoms with E-state index < -0.39 is 0 Å². The first-order valence-corrected chi connectivity index (χ1v) is 8.95. The minimum absolute atomic E-state index is 0.254. The first kappa shape index (κ1) is 16.3. The third-order valence-electron chi connectivity index (χ3n) is 5.23. The van der Waals surface area contributed by atoms with Crippen molar-refractivity contribution in [2.45, 2.75) is 89.3 Å². The standard InChI is InChI=1S/C17H34N2O/c1-2-18-15(14-20)13-19(16-9-5-3-6-10-16)17-11-7-4-8-12-17/h15-18,20H,2-14H2,1H3. The van der Waals surface area contributed by atoms with Crippen LogP contribution in [-0.4, -0.2) is 47.8 Å². The quantitative estimate of drug-likeness (QED) is 0.753. The maximum Gasteiger partial charge on any atom is 0.0597 e. The van der Waals surface area contributed by atoms with Crippen molar-refractivity contribution in [3.8, 4) is 0 Å². The molecule has 1 atom stereocenters. The Labute approximate surface area is 125 Å². The SMILES string of the molecule is CCNC(CO)CN(C1CCCCC1)C1CCCCC1. The fourth-order valence-electron chi connectivity index (χ4n) is 4.15. The molecule has 0 aliphatic heterocycles. The second-order valence-corrected chi connectivity index (χ2v) is 6.72. The van der Waals surface area contributed by atoms with Gasteiger partial charge >= 0.3 is 0 Å². The molecule has 0 aromatic rings. The average molecular weight is 282 g/mol. The normalized spacial score (nSPS) is 24.1. The van der Waals surface area contributed by atoms with E-state index in [4.69, 9.17) is 0 Å². The summed E-state index contributed by atoms with van der Waals surface area (Å²) < 4.78 is 0. The van der Waals surface area contributed by atoms with Gasteiger partial charge in [0.1, 0.15) is 0 Å². The van der Waals surface area contributed by atoms with E-state index in [1.807, 2.05) is 0 Å². The van der Waals surface area contributed by atoms with Crippen LogP contribution in [0.25, 0.3) is 0 Å². The molecule has 0 radical (unpaired) electrons. The molecule has 0 bridgehead atoms. The molecule has 20 heavy (non-hydrogen) atoms. The van der Waals surface area contributed by atoms with E-state index in [1.165, 1.54) is 64.2 Å². The second-order valence-electron chi connectivity index (χ2n) is 6.72. The smallest absolute Gasteiger partial charge is 0.0597 e. The van der Waals surface area contributed by atoms with E-state index in [0.29, 0.717) is 0 Å². The summed E-state index contributed by atoms with van der Waals surface area (Å²) in [6.45, 7) is 4.39. The Morgan fingerprint density at radius 3 is 1.85 bits per heavy atom. The number of aliphatic hydroxyl groups is 1. The van der Waals surface area contributed by atoms with Crippen molar-refractivity contribution in [2.75, 3.05) is 19.7 Å². The van der Waals surface area contributed by atoms with Gasteiger partial charge in [-0.1, -0.05) is 45.4 Å². The summed E-state index contributed by atoms with van der Waals surface area (Å²) in [6, 6.07) is 1.81. The molecular formula is C17H34N2O. The zero-order chi connectivity index (χ0) is 14.2. The van der Waals surface area contributed by atoms with Crippen LogP contribution in [0, 0.1) is 0 Å². The summed E-state index contributed by atoms with van der Waals surface area (Å²) >= 11 is 0. The third-order valence-corrected chi connectivity index (χ3v) is 5.23. The molecule has 1 unspecified atom stereocenters. The summed E-state index contributed by atoms with van der Waals surface area (Å²) in [5.41, 5.74) is 0. The molecule has 2 saturated carbocycles. The molecule has 2 aliphatic carbocycles. The van der Waals surface area contributed by atoms with Crippen LogP contribution in [0.3, 0.4) is 0 Å². The molecule has 2 fully saturated rings. The Morgan fingerprint density at radius 2 is 1.45 bits per heavy atom. The molecule has 2 N–H and O–H groups in total. The van der Waals surface area contributed by atoms with Crippen LogP contribution in [0.15, 0.2) is 0 Å². The van der Waals surface area contributed by atoms with Gasteiger partial charge < -0.3 is 10.4 Å². The first-order valence-electron chi connectivity index (χ1n) is 8.95. The Hall–Kier alpha value is -0.120. The van der Waals surface area contributed by atoms with Gasteiger partial charge in [0.15, 0.2) is 0 Å². The summed E-state index contributed by atoms with van der Waals surface area (Å²) in [6.07, 6.45) is 14.0. The molecule has 0 amide bonds. The van der Waals surface area contributed by atoms with Crippen LogP contribution in [0.1, 0.15) is 71.1 Å². The Kier molecular flexibility index (Phi) is 7.32. The van der Waals surface area contributed by atoms with Crippen molar-refractivity contribution in [1.82, 2.24) is 10.2 Å². The lowest BCUT2D eigenvalue weighted by Crippen LogP contribution is -2.52. The van der Waals surface area contributed by atoms with Gasteiger partial charge in [-0.2, -0.15) is 0 Å². The number of rotatable bonds is 7. The zero-order valence-electron chi connectivity index (χ0n) is 13.3. The maximum atomic E-state index is 9.61. The number of hydrogen-bond acceptors (Lipinski definition) is 3. The Bertz CT molecular complexity index is 229. The fourth-order valence-corrected chi connectivity index (χ4v) is 4.15. The molecule has 0 aromatic heterocycles. The van der Waals surface area contributed by atoms with Crippen LogP contribution >= 0.6 is 0 Å². The predicted octanol–water partition coefficient (Wildman–Crippen LogP) is 2.92. The molecule has 0 spiro atoms. The van der Waals surface area contributed by atoms with Crippen molar-refractivity contribution >= 4 is 0 Å². The monoisotopic (exact) mass is 282 g/mol.